The number of aryl methyl sites for hydroxylation is 2. The van der Waals surface area contributed by atoms with Crippen LogP contribution in [0.2, 0.25) is 0 Å². The first-order valence-corrected chi connectivity index (χ1v) is 10.4. The van der Waals surface area contributed by atoms with Gasteiger partial charge in [0.25, 0.3) is 17.7 Å². The van der Waals surface area contributed by atoms with E-state index in [9.17, 15) is 14.4 Å². The molecule has 3 rings (SSSR count). The van der Waals surface area contributed by atoms with Crippen molar-refractivity contribution in [2.24, 2.45) is 7.05 Å². The lowest BCUT2D eigenvalue weighted by molar-refractivity contribution is -0.120. The summed E-state index contributed by atoms with van der Waals surface area (Å²) in [5, 5.41) is 11.2. The van der Waals surface area contributed by atoms with Crippen LogP contribution in [0.1, 0.15) is 31.8 Å². The number of hydrazine groups is 1. The van der Waals surface area contributed by atoms with Crippen molar-refractivity contribution >= 4 is 29.5 Å². The van der Waals surface area contributed by atoms with Crippen molar-refractivity contribution in [2.45, 2.75) is 17.8 Å². The van der Waals surface area contributed by atoms with E-state index in [1.807, 2.05) is 36.7 Å². The Hall–Kier alpha value is -3.66. The quantitative estimate of drug-likeness (QED) is 0.381. The van der Waals surface area contributed by atoms with Crippen molar-refractivity contribution < 1.29 is 14.4 Å². The van der Waals surface area contributed by atoms with Crippen LogP contribution in [-0.2, 0) is 17.6 Å². The first-order chi connectivity index (χ1) is 14.9. The van der Waals surface area contributed by atoms with Crippen molar-refractivity contribution in [1.82, 2.24) is 30.9 Å². The number of rotatable bonds is 7. The Bertz CT molecular complexity index is 1080. The van der Waals surface area contributed by atoms with Gasteiger partial charge in [-0.1, -0.05) is 41.6 Å². The van der Waals surface area contributed by atoms with Gasteiger partial charge in [-0.05, 0) is 36.8 Å². The summed E-state index contributed by atoms with van der Waals surface area (Å²) < 4.78 is 1.83. The maximum Gasteiger partial charge on any atom is 0.269 e. The average molecular weight is 439 g/mol. The molecule has 3 N–H and O–H groups in total. The molecule has 0 saturated heterocycles. The second kappa shape index (κ2) is 10.4. The highest BCUT2D eigenvalue weighted by Gasteiger charge is 2.10. The number of carbonyl (C=O) groups excluding carboxylic acids is 3. The van der Waals surface area contributed by atoms with E-state index in [1.54, 1.807) is 36.7 Å². The first kappa shape index (κ1) is 22.0. The Morgan fingerprint density at radius 1 is 1.00 bits per heavy atom. The van der Waals surface area contributed by atoms with Crippen LogP contribution < -0.4 is 16.2 Å². The molecule has 3 amide bonds. The second-order valence-corrected chi connectivity index (χ2v) is 7.71. The fourth-order valence-electron chi connectivity index (χ4n) is 2.60. The topological polar surface area (TPSA) is 118 Å². The third-order valence-corrected chi connectivity index (χ3v) is 5.36. The van der Waals surface area contributed by atoms with Crippen LogP contribution in [-0.4, -0.2) is 39.0 Å². The minimum Gasteiger partial charge on any atom is -0.343 e. The molecule has 0 atom stereocenters. The number of nitrogens with zero attached hydrogens (tertiary/aromatic N) is 3. The molecular weight excluding hydrogens is 416 g/mol. The summed E-state index contributed by atoms with van der Waals surface area (Å²) >= 11 is 1.54. The number of thioether (sulfide) groups is 1. The highest BCUT2D eigenvalue weighted by atomic mass is 32.2. The van der Waals surface area contributed by atoms with Crippen LogP contribution in [0.15, 0.2) is 60.0 Å². The number of nitrogens with one attached hydrogen (secondary N) is 3. The zero-order valence-corrected chi connectivity index (χ0v) is 17.9. The van der Waals surface area contributed by atoms with E-state index in [-0.39, 0.29) is 12.5 Å². The lowest BCUT2D eigenvalue weighted by Gasteiger charge is -2.09. The molecule has 31 heavy (non-hydrogen) atoms. The van der Waals surface area contributed by atoms with Crippen LogP contribution in [0.25, 0.3) is 0 Å². The van der Waals surface area contributed by atoms with E-state index in [0.717, 1.165) is 16.3 Å². The highest BCUT2D eigenvalue weighted by molar-refractivity contribution is 7.98. The lowest BCUT2D eigenvalue weighted by Crippen LogP contribution is -2.46. The molecule has 0 radical (unpaired) electrons. The summed E-state index contributed by atoms with van der Waals surface area (Å²) in [6.07, 6.45) is 1.64. The zero-order valence-electron chi connectivity index (χ0n) is 17.1. The van der Waals surface area contributed by atoms with Crippen LogP contribution in [0, 0.1) is 6.92 Å². The summed E-state index contributed by atoms with van der Waals surface area (Å²) in [6, 6.07) is 14.1. The Kier molecular flexibility index (Phi) is 7.39. The fraction of sp³-hybridized carbons (Fsp3) is 0.190. The predicted octanol–water partition coefficient (Wildman–Crippen LogP) is 1.61. The monoisotopic (exact) mass is 438 g/mol. The number of amides is 3. The summed E-state index contributed by atoms with van der Waals surface area (Å²) in [5.74, 6) is -0.664. The zero-order chi connectivity index (χ0) is 22.2. The fourth-order valence-corrected chi connectivity index (χ4v) is 3.44. The van der Waals surface area contributed by atoms with Gasteiger partial charge in [-0.25, -0.2) is 0 Å². The molecular formula is C21H22N6O3S. The van der Waals surface area contributed by atoms with Gasteiger partial charge in [-0.2, -0.15) is 0 Å². The van der Waals surface area contributed by atoms with E-state index in [0.29, 0.717) is 16.9 Å². The molecule has 10 heteroatoms. The smallest absolute Gasteiger partial charge is 0.269 e. The molecule has 0 aliphatic heterocycles. The van der Waals surface area contributed by atoms with Crippen LogP contribution in [0.4, 0.5) is 0 Å². The Morgan fingerprint density at radius 2 is 1.77 bits per heavy atom. The molecule has 0 aliphatic carbocycles. The molecule has 0 unspecified atom stereocenters. The lowest BCUT2D eigenvalue weighted by atomic mass is 10.1. The van der Waals surface area contributed by atoms with E-state index in [2.05, 4.69) is 26.4 Å². The van der Waals surface area contributed by atoms with Crippen molar-refractivity contribution in [1.29, 1.82) is 0 Å². The molecule has 160 valence electrons. The van der Waals surface area contributed by atoms with Gasteiger partial charge in [0.05, 0.1) is 6.54 Å². The first-order valence-electron chi connectivity index (χ1n) is 9.42. The Labute approximate surface area is 183 Å². The standard InChI is InChI=1S/C21H22N6O3S/c1-14-4-3-5-17(10-14)19(29)22-11-18(28)24-25-20(30)16-8-6-15(7-9-16)12-31-21-26-23-13-27(21)2/h3-10,13H,11-12H2,1-2H3,(H,22,29)(H,24,28)(H,25,30). The SMILES string of the molecule is Cc1cccc(C(=O)NCC(=O)NNC(=O)c2ccc(CSc3nncn3C)cc2)c1. The van der Waals surface area contributed by atoms with E-state index in [1.165, 1.54) is 11.8 Å². The van der Waals surface area contributed by atoms with Gasteiger partial charge in [-0.3, -0.25) is 25.2 Å². The predicted molar refractivity (Wildman–Crippen MR) is 116 cm³/mol. The van der Waals surface area contributed by atoms with Crippen molar-refractivity contribution in [3.63, 3.8) is 0 Å². The number of carbonyl (C=O) groups is 3. The molecule has 0 bridgehead atoms. The van der Waals surface area contributed by atoms with Gasteiger partial charge in [0.2, 0.25) is 0 Å². The third-order valence-electron chi connectivity index (χ3n) is 4.26. The minimum atomic E-state index is -0.536. The maximum absolute atomic E-state index is 12.2. The van der Waals surface area contributed by atoms with E-state index < -0.39 is 11.8 Å². The van der Waals surface area contributed by atoms with Gasteiger partial charge in [0, 0.05) is 23.9 Å². The van der Waals surface area contributed by atoms with Crippen LogP contribution >= 0.6 is 11.8 Å². The largest absolute Gasteiger partial charge is 0.343 e. The molecule has 0 fully saturated rings. The number of aromatic nitrogens is 3. The number of hydrogen-bond donors (Lipinski definition) is 3. The highest BCUT2D eigenvalue weighted by Crippen LogP contribution is 2.20. The van der Waals surface area contributed by atoms with Crippen LogP contribution in [0.5, 0.6) is 0 Å². The molecule has 1 aromatic heterocycles. The van der Waals surface area contributed by atoms with E-state index in [4.69, 9.17) is 0 Å². The Morgan fingerprint density at radius 3 is 2.45 bits per heavy atom. The second-order valence-electron chi connectivity index (χ2n) is 6.76. The maximum atomic E-state index is 12.2. The van der Waals surface area contributed by atoms with Crippen molar-refractivity contribution in [3.05, 3.63) is 77.1 Å². The molecule has 9 nitrogen and oxygen atoms in total. The van der Waals surface area contributed by atoms with Gasteiger partial charge in [0.15, 0.2) is 5.16 Å². The average Bonchev–Trinajstić information content (AvgIpc) is 3.19. The minimum absolute atomic E-state index is 0.259. The molecule has 3 aromatic rings. The van der Waals surface area contributed by atoms with Crippen molar-refractivity contribution in [3.8, 4) is 0 Å². The summed E-state index contributed by atoms with van der Waals surface area (Å²) in [7, 11) is 1.87. The van der Waals surface area contributed by atoms with Gasteiger partial charge in [-0.15, -0.1) is 10.2 Å². The Balaban J connectivity index is 1.41. The van der Waals surface area contributed by atoms with E-state index >= 15 is 0 Å². The van der Waals surface area contributed by atoms with Gasteiger partial charge < -0.3 is 9.88 Å². The van der Waals surface area contributed by atoms with Gasteiger partial charge in [0.1, 0.15) is 6.33 Å². The van der Waals surface area contributed by atoms with Crippen molar-refractivity contribution in [2.75, 3.05) is 6.54 Å². The molecule has 0 spiro atoms. The van der Waals surface area contributed by atoms with Gasteiger partial charge >= 0.3 is 0 Å². The third kappa shape index (κ3) is 6.41. The summed E-state index contributed by atoms with van der Waals surface area (Å²) in [4.78, 5) is 36.2. The molecule has 1 heterocycles. The number of hydrogen-bond acceptors (Lipinski definition) is 6. The molecule has 0 aliphatic rings. The molecule has 2 aromatic carbocycles. The summed E-state index contributed by atoms with van der Waals surface area (Å²) in [5.41, 5.74) is 7.46. The summed E-state index contributed by atoms with van der Waals surface area (Å²) in [6.45, 7) is 1.62. The normalized spacial score (nSPS) is 10.4. The molecule has 0 saturated carbocycles. The number of benzene rings is 2. The van der Waals surface area contributed by atoms with Crippen LogP contribution in [0.3, 0.4) is 0 Å².